The van der Waals surface area contributed by atoms with Crippen LogP contribution in [0.25, 0.3) is 11.0 Å². The third kappa shape index (κ3) is 15.8. The summed E-state index contributed by atoms with van der Waals surface area (Å²) in [6, 6.07) is 26.5. The molecule has 0 saturated carbocycles. The molecule has 9 heterocycles. The minimum Gasteiger partial charge on any atom is -0.484 e. The number of aromatic nitrogens is 7. The van der Waals surface area contributed by atoms with E-state index in [2.05, 4.69) is 44.2 Å². The van der Waals surface area contributed by atoms with E-state index in [1.54, 1.807) is 91.3 Å². The third-order valence-corrected chi connectivity index (χ3v) is 20.0. The molecule has 4 saturated heterocycles. The summed E-state index contributed by atoms with van der Waals surface area (Å²) in [5.41, 5.74) is 12.0. The number of ether oxygens (including phenoxy) is 8. The number of phosphoric acid groups is 1. The number of hydrogen-bond donors (Lipinski definition) is 2. The monoisotopic (exact) mass is 1370 g/mol. The maximum absolute atomic E-state index is 15.9. The van der Waals surface area contributed by atoms with Crippen LogP contribution in [-0.2, 0) is 55.1 Å². The van der Waals surface area contributed by atoms with E-state index in [-0.39, 0.29) is 64.1 Å². The Hall–Kier alpha value is -7.21. The Morgan fingerprint density at radius 3 is 1.50 bits per heavy atom. The van der Waals surface area contributed by atoms with Gasteiger partial charge in [0, 0.05) is 19.4 Å². The van der Waals surface area contributed by atoms with E-state index >= 15 is 4.57 Å². The summed E-state index contributed by atoms with van der Waals surface area (Å²) in [6.45, 7) is 9.17. The first-order chi connectivity index (χ1) is 46.3. The molecular formula is C69H83Cl2N12O12P. The number of nitrogen functional groups attached to an aromatic ring is 2. The van der Waals surface area contributed by atoms with Crippen LogP contribution in [0.1, 0.15) is 178 Å². The number of nitrogens with two attached hydrogens (primary N) is 2. The van der Waals surface area contributed by atoms with Gasteiger partial charge in [0.1, 0.15) is 103 Å². The first-order valence-corrected chi connectivity index (χ1v) is 35.4. The highest BCUT2D eigenvalue weighted by molar-refractivity contribution is 7.49. The fraction of sp³-hybridized carbons (Fsp3) is 0.536. The van der Waals surface area contributed by atoms with Crippen molar-refractivity contribution in [3.8, 4) is 35.5 Å². The van der Waals surface area contributed by atoms with Crippen LogP contribution < -0.4 is 25.3 Å². The van der Waals surface area contributed by atoms with Crippen LogP contribution in [0.5, 0.6) is 17.2 Å². The molecule has 7 aromatic rings. The summed E-state index contributed by atoms with van der Waals surface area (Å²) in [6.07, 6.45) is 17.2. The summed E-state index contributed by atoms with van der Waals surface area (Å²) in [5, 5.41) is 40.8. The van der Waals surface area contributed by atoms with Crippen molar-refractivity contribution in [2.45, 2.75) is 216 Å². The molecule has 24 nitrogen and oxygen atoms in total. The molecule has 27 heteroatoms. The normalized spacial score (nSPS) is 24.0. The molecule has 4 aliphatic heterocycles. The lowest BCUT2D eigenvalue weighted by Gasteiger charge is -2.30. The van der Waals surface area contributed by atoms with E-state index in [1.807, 2.05) is 6.07 Å². The maximum Gasteiger partial charge on any atom is 0.587 e. The average molecular weight is 1370 g/mol. The van der Waals surface area contributed by atoms with E-state index < -0.39 is 79.9 Å². The van der Waals surface area contributed by atoms with Crippen LogP contribution in [0.3, 0.4) is 0 Å². The molecule has 96 heavy (non-hydrogen) atoms. The van der Waals surface area contributed by atoms with Crippen molar-refractivity contribution >= 4 is 53.7 Å². The molecule has 0 aliphatic carbocycles. The number of nitriles is 3. The van der Waals surface area contributed by atoms with Crippen LogP contribution in [0.15, 0.2) is 91.6 Å². The van der Waals surface area contributed by atoms with E-state index in [1.165, 1.54) is 114 Å². The highest BCUT2D eigenvalue weighted by Gasteiger charge is 2.66. The van der Waals surface area contributed by atoms with Crippen LogP contribution >= 0.6 is 31.0 Å². The second-order valence-electron chi connectivity index (χ2n) is 25.9. The topological polar surface area (TPSA) is 315 Å². The molecule has 4 aliphatic rings. The summed E-state index contributed by atoms with van der Waals surface area (Å²) in [5.74, 6) is -1.84. The van der Waals surface area contributed by atoms with Crippen LogP contribution in [0.2, 0.25) is 10.0 Å². The lowest BCUT2D eigenvalue weighted by atomic mass is 9.88. The highest BCUT2D eigenvalue weighted by Crippen LogP contribution is 2.57. The van der Waals surface area contributed by atoms with Gasteiger partial charge in [0.15, 0.2) is 45.9 Å². The van der Waals surface area contributed by atoms with E-state index in [4.69, 9.17) is 86.1 Å². The number of phosphoric ester groups is 1. The largest absolute Gasteiger partial charge is 0.587 e. The molecule has 0 amide bonds. The van der Waals surface area contributed by atoms with Crippen molar-refractivity contribution in [1.82, 2.24) is 34.2 Å². The molecule has 510 valence electrons. The number of fused-ring (bicyclic) bond motifs is 4. The van der Waals surface area contributed by atoms with Crippen molar-refractivity contribution in [3.05, 3.63) is 130 Å². The zero-order valence-electron chi connectivity index (χ0n) is 54.8. The van der Waals surface area contributed by atoms with Crippen LogP contribution in [0.4, 0.5) is 11.6 Å². The standard InChI is InChI=1S/C69H83Cl2N12O12P/c1-6-7-8-9-10-11-12-13-14-15-16-17-18-19-20-21-34-85-39-49(87-48-29-28-47(37-72)77-38-48)40-86-96(84,94-54-26-22-24-45(56(54)70)35-68(41-73)62-60(88-66(2,3)92-62)58(90-68)50-30-32-52-64(75)78-43-80-82(50)52)95-55-27-23-25-46(57(55)71)36-69(42-74)63-61(89-67(4,5)93-63)59(91-69)51-31-33-53-65(76)79-44-81-83(51)53/h22-33,38,43-44,49,58-63H,6-21,34-36,39-40H2,1-5H3,(H2,75,78,80)(H2,76,79,81)/t49?,58-,59-,60?,61?,62?,63?,68+,69+,96?/m0/s1. The molecular weight excluding hydrogens is 1290 g/mol. The Bertz CT molecular complexity index is 3810. The predicted molar refractivity (Wildman–Crippen MR) is 356 cm³/mol. The summed E-state index contributed by atoms with van der Waals surface area (Å²) < 4.78 is 90.4. The zero-order valence-corrected chi connectivity index (χ0v) is 57.2. The van der Waals surface area contributed by atoms with Gasteiger partial charge in [-0.2, -0.15) is 26.0 Å². The Labute approximate surface area is 569 Å². The lowest BCUT2D eigenvalue weighted by Crippen LogP contribution is -2.44. The number of halogens is 2. The van der Waals surface area contributed by atoms with Gasteiger partial charge in [-0.3, -0.25) is 4.52 Å². The third-order valence-electron chi connectivity index (χ3n) is 17.9. The van der Waals surface area contributed by atoms with Crippen molar-refractivity contribution in [2.75, 3.05) is 31.3 Å². The number of rotatable bonds is 34. The van der Waals surface area contributed by atoms with E-state index in [0.29, 0.717) is 40.2 Å². The fourth-order valence-electron chi connectivity index (χ4n) is 13.2. The van der Waals surface area contributed by atoms with Gasteiger partial charge < -0.3 is 58.4 Å². The molecule has 0 bridgehead atoms. The smallest absolute Gasteiger partial charge is 0.484 e. The quantitative estimate of drug-likeness (QED) is 0.0279. The summed E-state index contributed by atoms with van der Waals surface area (Å²) in [7, 11) is -5.03. The minimum atomic E-state index is -5.03. The van der Waals surface area contributed by atoms with Crippen molar-refractivity contribution in [2.24, 2.45) is 0 Å². The summed E-state index contributed by atoms with van der Waals surface area (Å²) in [4.78, 5) is 12.4. The lowest BCUT2D eigenvalue weighted by molar-refractivity contribution is -0.200. The molecule has 0 spiro atoms. The molecule has 2 aromatic carbocycles. The van der Waals surface area contributed by atoms with Crippen molar-refractivity contribution < 1.29 is 56.0 Å². The molecule has 0 radical (unpaired) electrons. The molecule has 11 rings (SSSR count). The Balaban J connectivity index is 0.837. The molecule has 4 fully saturated rings. The number of hydrogen-bond acceptors (Lipinski definition) is 22. The van der Waals surface area contributed by atoms with Gasteiger partial charge in [-0.15, -0.1) is 0 Å². The average Bonchev–Trinajstić information content (AvgIpc) is 1.57. The highest BCUT2D eigenvalue weighted by atomic mass is 35.5. The Morgan fingerprint density at radius 2 is 1.06 bits per heavy atom. The first-order valence-electron chi connectivity index (χ1n) is 33.2. The maximum atomic E-state index is 15.9. The van der Waals surface area contributed by atoms with Gasteiger partial charge in [0.05, 0.1) is 34.2 Å². The van der Waals surface area contributed by atoms with Crippen molar-refractivity contribution in [3.63, 3.8) is 0 Å². The molecule has 5 aromatic heterocycles. The minimum absolute atomic E-state index is 0.0338. The fourth-order valence-corrected chi connectivity index (χ4v) is 15.1. The number of pyridine rings is 1. The molecule has 5 unspecified atom stereocenters. The van der Waals surface area contributed by atoms with E-state index in [0.717, 1.165) is 25.7 Å². The second kappa shape index (κ2) is 30.7. The number of nitrogens with zero attached hydrogens (tertiary/aromatic N) is 10. The second-order valence-corrected chi connectivity index (χ2v) is 28.1. The number of benzene rings is 2. The molecule has 9 atom stereocenters. The first kappa shape index (κ1) is 70.1. The van der Waals surface area contributed by atoms with Crippen LogP contribution in [0, 0.1) is 34.0 Å². The predicted octanol–water partition coefficient (Wildman–Crippen LogP) is 14.0. The van der Waals surface area contributed by atoms with Gasteiger partial charge in [0.25, 0.3) is 0 Å². The Morgan fingerprint density at radius 1 is 0.594 bits per heavy atom. The number of unbranched alkanes of at least 4 members (excludes halogenated alkanes) is 15. The SMILES string of the molecule is CCCCCCCCCCCCCCCCCCOCC(COP(=O)(Oc1cccc(C[C@]2(C#N)O[C@@H](c3ccc4c(N)ncnn34)C3OC(C)(C)OC32)c1Cl)Oc1cccc(C[C@]2(C#N)O[C@@H](c3ccc4c(N)ncnn34)C3OC(C)(C)OC32)c1Cl)Oc1ccc(C#N)nc1. The number of anilines is 2. The molecule has 4 N–H and O–H groups in total. The van der Waals surface area contributed by atoms with Gasteiger partial charge in [-0.25, -0.2) is 28.5 Å². The summed E-state index contributed by atoms with van der Waals surface area (Å²) >= 11 is 14.7. The van der Waals surface area contributed by atoms with E-state index in [9.17, 15) is 15.8 Å². The van der Waals surface area contributed by atoms with Crippen molar-refractivity contribution in [1.29, 1.82) is 15.8 Å². The van der Waals surface area contributed by atoms with Crippen LogP contribution in [-0.4, -0.2) is 107 Å². The van der Waals surface area contributed by atoms with Gasteiger partial charge >= 0.3 is 7.82 Å². The Kier molecular flexibility index (Phi) is 22.4. The van der Waals surface area contributed by atoms with Gasteiger partial charge in [-0.1, -0.05) is 151 Å². The zero-order chi connectivity index (χ0) is 67.7. The van der Waals surface area contributed by atoms with Gasteiger partial charge in [-0.05, 0) is 93.8 Å². The van der Waals surface area contributed by atoms with Gasteiger partial charge in [0.2, 0.25) is 0 Å².